The van der Waals surface area contributed by atoms with Gasteiger partial charge in [0.25, 0.3) is 0 Å². The van der Waals surface area contributed by atoms with Crippen LogP contribution in [0, 0.1) is 11.8 Å². The summed E-state index contributed by atoms with van der Waals surface area (Å²) in [6.45, 7) is 6.93. The van der Waals surface area contributed by atoms with E-state index in [0.717, 1.165) is 17.8 Å². The van der Waals surface area contributed by atoms with E-state index in [1.54, 1.807) is 5.56 Å². The predicted molar refractivity (Wildman–Crippen MR) is 119 cm³/mol. The fraction of sp³-hybridized carbons (Fsp3) is 0.556. The molecule has 0 heteroatoms. The molecule has 0 N–H and O–H groups in total. The van der Waals surface area contributed by atoms with Crippen LogP contribution in [0.25, 0.3) is 11.1 Å². The minimum atomic E-state index is 0.771. The van der Waals surface area contributed by atoms with Gasteiger partial charge in [0.15, 0.2) is 0 Å². The lowest BCUT2D eigenvalue weighted by atomic mass is 9.77. The molecule has 3 rings (SSSR count). The second-order valence-corrected chi connectivity index (χ2v) is 8.90. The van der Waals surface area contributed by atoms with Crippen molar-refractivity contribution in [1.82, 2.24) is 0 Å². The maximum absolute atomic E-state index is 2.39. The smallest absolute Gasteiger partial charge is 0.0162 e. The molecule has 0 saturated heterocycles. The van der Waals surface area contributed by atoms with Crippen molar-refractivity contribution in [3.63, 3.8) is 0 Å². The summed E-state index contributed by atoms with van der Waals surface area (Å²) >= 11 is 0. The molecule has 1 unspecified atom stereocenters. The van der Waals surface area contributed by atoms with Crippen LogP contribution in [0.5, 0.6) is 0 Å². The van der Waals surface area contributed by atoms with E-state index in [0.29, 0.717) is 0 Å². The highest BCUT2D eigenvalue weighted by Gasteiger charge is 2.21. The Morgan fingerprint density at radius 1 is 0.815 bits per heavy atom. The minimum Gasteiger partial charge on any atom is -0.0654 e. The molecule has 0 heterocycles. The molecule has 2 aromatic carbocycles. The van der Waals surface area contributed by atoms with Gasteiger partial charge in [-0.05, 0) is 72.1 Å². The van der Waals surface area contributed by atoms with Gasteiger partial charge >= 0.3 is 0 Å². The van der Waals surface area contributed by atoms with Crippen molar-refractivity contribution < 1.29 is 0 Å². The highest BCUT2D eigenvalue weighted by molar-refractivity contribution is 5.64. The molecular weight excluding hydrogens is 324 g/mol. The first-order chi connectivity index (χ1) is 13.2. The number of benzene rings is 2. The van der Waals surface area contributed by atoms with Crippen LogP contribution in [0.15, 0.2) is 48.5 Å². The molecule has 0 aromatic heterocycles. The van der Waals surface area contributed by atoms with Crippen LogP contribution in [-0.4, -0.2) is 0 Å². The molecule has 1 aliphatic rings. The van der Waals surface area contributed by atoms with Gasteiger partial charge in [0.1, 0.15) is 0 Å². The van der Waals surface area contributed by atoms with Crippen LogP contribution in [0.2, 0.25) is 0 Å². The van der Waals surface area contributed by atoms with E-state index in [9.17, 15) is 0 Å². The number of rotatable bonds is 8. The summed E-state index contributed by atoms with van der Waals surface area (Å²) < 4.78 is 0. The topological polar surface area (TPSA) is 0 Å². The average molecular weight is 363 g/mol. The summed E-state index contributed by atoms with van der Waals surface area (Å²) in [7, 11) is 0. The lowest BCUT2D eigenvalue weighted by molar-refractivity contribution is 0.304. The summed E-state index contributed by atoms with van der Waals surface area (Å²) in [4.78, 5) is 0. The third kappa shape index (κ3) is 5.71. The first kappa shape index (κ1) is 20.2. The average Bonchev–Trinajstić information content (AvgIpc) is 2.73. The lowest BCUT2D eigenvalue weighted by Crippen LogP contribution is -2.13. The van der Waals surface area contributed by atoms with E-state index < -0.39 is 0 Å². The van der Waals surface area contributed by atoms with Gasteiger partial charge in [-0.3, -0.25) is 0 Å². The van der Waals surface area contributed by atoms with Crippen molar-refractivity contribution in [2.24, 2.45) is 11.8 Å². The quantitative estimate of drug-likeness (QED) is 0.442. The maximum atomic E-state index is 2.39. The molecule has 1 aliphatic carbocycles. The molecule has 0 radical (unpaired) electrons. The molecule has 1 saturated carbocycles. The van der Waals surface area contributed by atoms with Crippen LogP contribution in [0.4, 0.5) is 0 Å². The normalized spacial score (nSPS) is 21.1. The Hall–Kier alpha value is -1.56. The third-order valence-corrected chi connectivity index (χ3v) is 6.76. The molecule has 0 aliphatic heterocycles. The number of hydrogen-bond donors (Lipinski definition) is 0. The van der Waals surface area contributed by atoms with Gasteiger partial charge in [-0.15, -0.1) is 0 Å². The fourth-order valence-electron chi connectivity index (χ4n) is 4.60. The van der Waals surface area contributed by atoms with Crippen molar-refractivity contribution in [3.05, 3.63) is 59.7 Å². The molecule has 0 nitrogen and oxygen atoms in total. The van der Waals surface area contributed by atoms with Crippen molar-refractivity contribution in [2.45, 2.75) is 84.5 Å². The standard InChI is InChI=1S/C27H38/c1-4-6-7-22-8-12-24(13-9-22)26-16-18-27(19-17-26)25-14-10-23(11-15-25)20-21(3)5-2/h10-11,14-19,21-22,24H,4-9,12-13,20H2,1-3H3. The van der Waals surface area contributed by atoms with Crippen molar-refractivity contribution >= 4 is 0 Å². The molecule has 146 valence electrons. The zero-order valence-corrected chi connectivity index (χ0v) is 17.7. The SMILES string of the molecule is CCCCC1CCC(c2ccc(-c3ccc(CC(C)CC)cc3)cc2)CC1. The number of unbranched alkanes of at least 4 members (excludes halogenated alkanes) is 1. The van der Waals surface area contributed by atoms with Crippen LogP contribution >= 0.6 is 0 Å². The Bertz CT molecular complexity index is 656. The van der Waals surface area contributed by atoms with Crippen molar-refractivity contribution in [2.75, 3.05) is 0 Å². The molecular formula is C27H38. The van der Waals surface area contributed by atoms with E-state index in [-0.39, 0.29) is 0 Å². The molecule has 1 atom stereocenters. The molecule has 0 bridgehead atoms. The summed E-state index contributed by atoms with van der Waals surface area (Å²) in [5, 5.41) is 0. The Morgan fingerprint density at radius 2 is 1.41 bits per heavy atom. The Balaban J connectivity index is 1.57. The predicted octanol–water partition coefficient (Wildman–Crippen LogP) is 8.41. The largest absolute Gasteiger partial charge is 0.0654 e. The van der Waals surface area contributed by atoms with Gasteiger partial charge in [-0.2, -0.15) is 0 Å². The van der Waals surface area contributed by atoms with Gasteiger partial charge in [0.05, 0.1) is 0 Å². The van der Waals surface area contributed by atoms with E-state index in [1.165, 1.54) is 74.5 Å². The second kappa shape index (κ2) is 10.1. The monoisotopic (exact) mass is 362 g/mol. The highest BCUT2D eigenvalue weighted by Crippen LogP contribution is 2.38. The van der Waals surface area contributed by atoms with E-state index in [1.807, 2.05) is 0 Å². The van der Waals surface area contributed by atoms with Crippen molar-refractivity contribution in [3.8, 4) is 11.1 Å². The molecule has 2 aromatic rings. The molecule has 0 amide bonds. The first-order valence-corrected chi connectivity index (χ1v) is 11.4. The van der Waals surface area contributed by atoms with Gasteiger partial charge in [0, 0.05) is 0 Å². The maximum Gasteiger partial charge on any atom is -0.0162 e. The Labute approximate surface area is 167 Å². The Morgan fingerprint density at radius 3 is 1.96 bits per heavy atom. The molecule has 1 fully saturated rings. The van der Waals surface area contributed by atoms with Gasteiger partial charge in [-0.1, -0.05) is 95.0 Å². The Kier molecular flexibility index (Phi) is 7.56. The van der Waals surface area contributed by atoms with Crippen LogP contribution in [0.1, 0.15) is 89.2 Å². The van der Waals surface area contributed by atoms with Gasteiger partial charge in [0.2, 0.25) is 0 Å². The van der Waals surface area contributed by atoms with E-state index >= 15 is 0 Å². The summed E-state index contributed by atoms with van der Waals surface area (Å²) in [5.74, 6) is 2.55. The van der Waals surface area contributed by atoms with E-state index in [4.69, 9.17) is 0 Å². The van der Waals surface area contributed by atoms with Crippen LogP contribution in [0.3, 0.4) is 0 Å². The summed E-state index contributed by atoms with van der Waals surface area (Å²) in [6.07, 6.45) is 12.3. The molecule has 0 spiro atoms. The highest BCUT2D eigenvalue weighted by atomic mass is 14.3. The van der Waals surface area contributed by atoms with Crippen LogP contribution < -0.4 is 0 Å². The zero-order valence-electron chi connectivity index (χ0n) is 17.7. The van der Waals surface area contributed by atoms with Crippen LogP contribution in [-0.2, 0) is 6.42 Å². The summed E-state index contributed by atoms with van der Waals surface area (Å²) in [6, 6.07) is 18.7. The van der Waals surface area contributed by atoms with E-state index in [2.05, 4.69) is 69.3 Å². The third-order valence-electron chi connectivity index (χ3n) is 6.76. The number of hydrogen-bond acceptors (Lipinski definition) is 0. The minimum absolute atomic E-state index is 0.771. The summed E-state index contributed by atoms with van der Waals surface area (Å²) in [5.41, 5.74) is 5.72. The van der Waals surface area contributed by atoms with Gasteiger partial charge in [-0.25, -0.2) is 0 Å². The fourth-order valence-corrected chi connectivity index (χ4v) is 4.60. The first-order valence-electron chi connectivity index (χ1n) is 11.4. The lowest BCUT2D eigenvalue weighted by Gasteiger charge is -2.29. The molecule has 27 heavy (non-hydrogen) atoms. The van der Waals surface area contributed by atoms with Gasteiger partial charge < -0.3 is 0 Å². The zero-order chi connectivity index (χ0) is 19.1. The van der Waals surface area contributed by atoms with Crippen molar-refractivity contribution in [1.29, 1.82) is 0 Å². The second-order valence-electron chi connectivity index (χ2n) is 8.90.